The molecule has 0 saturated heterocycles. The molecule has 7 nitrogen and oxygen atoms in total. The van der Waals surface area contributed by atoms with Crippen LogP contribution in [-0.4, -0.2) is 56.1 Å². The van der Waals surface area contributed by atoms with Gasteiger partial charge in [-0.15, -0.1) is 0 Å². The molecule has 0 aromatic heterocycles. The summed E-state index contributed by atoms with van der Waals surface area (Å²) in [5.41, 5.74) is 0.518. The number of benzene rings is 2. The average molecular weight is 478 g/mol. The Bertz CT molecular complexity index is 1070. The Kier molecular flexibility index (Phi) is 8.60. The zero-order valence-electron chi connectivity index (χ0n) is 19.7. The molecule has 0 aliphatic carbocycles. The Hall–Kier alpha value is -2.94. The molecule has 9 heteroatoms. The Morgan fingerprint density at radius 2 is 1.70 bits per heavy atom. The summed E-state index contributed by atoms with van der Waals surface area (Å²) < 4.78 is 39.4. The highest BCUT2D eigenvalue weighted by molar-refractivity contribution is 7.92. The van der Waals surface area contributed by atoms with Gasteiger partial charge >= 0.3 is 0 Å². The van der Waals surface area contributed by atoms with Gasteiger partial charge in [-0.3, -0.25) is 13.9 Å². The molecular formula is C24H32FN3O4S. The quantitative estimate of drug-likeness (QED) is 0.602. The molecule has 33 heavy (non-hydrogen) atoms. The summed E-state index contributed by atoms with van der Waals surface area (Å²) in [5.74, 6) is -1.52. The molecule has 0 bridgehead atoms. The van der Waals surface area contributed by atoms with E-state index in [9.17, 15) is 22.4 Å². The predicted octanol–water partition coefficient (Wildman–Crippen LogP) is 2.97. The molecule has 0 spiro atoms. The third-order valence-corrected chi connectivity index (χ3v) is 6.07. The number of nitrogens with one attached hydrogen (secondary N) is 1. The summed E-state index contributed by atoms with van der Waals surface area (Å²) in [6.07, 6.45) is 1.44. The standard InChI is InChI=1S/C24H32FN3O4S/c1-18(23(30)26-24(2,3)4)27(15-14-19-10-7-6-8-11-19)22(29)17-28(33(5,31)32)21-13-9-12-20(25)16-21/h6-13,16,18H,14-15,17H2,1-5H3,(H,26,30). The number of carbonyl (C=O) groups excluding carboxylic acids is 2. The normalized spacial score (nSPS) is 12.7. The van der Waals surface area contributed by atoms with E-state index in [-0.39, 0.29) is 18.1 Å². The van der Waals surface area contributed by atoms with Gasteiger partial charge in [-0.1, -0.05) is 36.4 Å². The van der Waals surface area contributed by atoms with Gasteiger partial charge in [0.05, 0.1) is 11.9 Å². The van der Waals surface area contributed by atoms with Gasteiger partial charge in [0.1, 0.15) is 18.4 Å². The van der Waals surface area contributed by atoms with Gasteiger partial charge in [0, 0.05) is 12.1 Å². The maximum atomic E-state index is 13.7. The van der Waals surface area contributed by atoms with E-state index < -0.39 is 39.9 Å². The van der Waals surface area contributed by atoms with Gasteiger partial charge in [0.15, 0.2) is 0 Å². The van der Waals surface area contributed by atoms with Crippen molar-refractivity contribution in [2.24, 2.45) is 0 Å². The molecule has 0 saturated carbocycles. The Morgan fingerprint density at radius 1 is 1.06 bits per heavy atom. The van der Waals surface area contributed by atoms with Crippen LogP contribution in [0.1, 0.15) is 33.3 Å². The molecule has 1 N–H and O–H groups in total. The number of nitrogens with zero attached hydrogens (tertiary/aromatic N) is 2. The summed E-state index contributed by atoms with van der Waals surface area (Å²) in [7, 11) is -3.89. The zero-order valence-corrected chi connectivity index (χ0v) is 20.5. The van der Waals surface area contributed by atoms with Crippen LogP contribution < -0.4 is 9.62 Å². The number of hydrogen-bond acceptors (Lipinski definition) is 4. The molecule has 0 heterocycles. The highest BCUT2D eigenvalue weighted by Gasteiger charge is 2.31. The predicted molar refractivity (Wildman–Crippen MR) is 128 cm³/mol. The lowest BCUT2D eigenvalue weighted by Gasteiger charge is -2.33. The lowest BCUT2D eigenvalue weighted by Crippen LogP contribution is -2.55. The Balaban J connectivity index is 2.32. The molecule has 0 aliphatic rings. The minimum absolute atomic E-state index is 0.0423. The number of sulfonamides is 1. The van der Waals surface area contributed by atoms with Crippen molar-refractivity contribution in [3.63, 3.8) is 0 Å². The monoisotopic (exact) mass is 477 g/mol. The molecule has 0 fully saturated rings. The van der Waals surface area contributed by atoms with E-state index in [1.54, 1.807) is 6.92 Å². The molecule has 2 rings (SSSR count). The van der Waals surface area contributed by atoms with Gasteiger partial charge in [-0.25, -0.2) is 12.8 Å². The lowest BCUT2D eigenvalue weighted by atomic mass is 10.1. The van der Waals surface area contributed by atoms with Gasteiger partial charge in [0.25, 0.3) is 0 Å². The van der Waals surface area contributed by atoms with Crippen molar-refractivity contribution in [3.05, 3.63) is 66.0 Å². The second-order valence-electron chi connectivity index (χ2n) is 8.99. The van der Waals surface area contributed by atoms with E-state index in [1.165, 1.54) is 23.1 Å². The van der Waals surface area contributed by atoms with Crippen LogP contribution in [0.15, 0.2) is 54.6 Å². The molecule has 1 atom stereocenters. The van der Waals surface area contributed by atoms with Crippen LogP contribution in [0.3, 0.4) is 0 Å². The number of amides is 2. The number of halogens is 1. The molecule has 1 unspecified atom stereocenters. The van der Waals surface area contributed by atoms with Gasteiger partial charge in [-0.2, -0.15) is 0 Å². The number of hydrogen-bond donors (Lipinski definition) is 1. The minimum atomic E-state index is -3.89. The van der Waals surface area contributed by atoms with Crippen LogP contribution in [0.4, 0.5) is 10.1 Å². The largest absolute Gasteiger partial charge is 0.350 e. The Labute approximate surface area is 195 Å². The molecule has 2 aromatic carbocycles. The van der Waals surface area contributed by atoms with Crippen molar-refractivity contribution in [1.29, 1.82) is 0 Å². The van der Waals surface area contributed by atoms with Crippen LogP contribution in [-0.2, 0) is 26.0 Å². The Morgan fingerprint density at radius 3 is 2.24 bits per heavy atom. The average Bonchev–Trinajstić information content (AvgIpc) is 2.70. The van der Waals surface area contributed by atoms with Crippen LogP contribution >= 0.6 is 0 Å². The summed E-state index contributed by atoms with van der Waals surface area (Å²) in [6.45, 7) is 6.78. The van der Waals surface area contributed by atoms with E-state index in [2.05, 4.69) is 5.32 Å². The van der Waals surface area contributed by atoms with Crippen molar-refractivity contribution >= 4 is 27.5 Å². The van der Waals surface area contributed by atoms with E-state index >= 15 is 0 Å². The number of rotatable bonds is 9. The maximum absolute atomic E-state index is 13.7. The van der Waals surface area contributed by atoms with Crippen molar-refractivity contribution in [2.75, 3.05) is 23.7 Å². The van der Waals surface area contributed by atoms with E-state index in [0.717, 1.165) is 22.2 Å². The highest BCUT2D eigenvalue weighted by Crippen LogP contribution is 2.19. The van der Waals surface area contributed by atoms with Crippen LogP contribution in [0.25, 0.3) is 0 Å². The summed E-state index contributed by atoms with van der Waals surface area (Å²) in [4.78, 5) is 27.5. The van der Waals surface area contributed by atoms with Crippen molar-refractivity contribution < 1.29 is 22.4 Å². The molecule has 0 aliphatic heterocycles. The fourth-order valence-electron chi connectivity index (χ4n) is 3.29. The van der Waals surface area contributed by atoms with Crippen molar-refractivity contribution in [1.82, 2.24) is 10.2 Å². The van der Waals surface area contributed by atoms with E-state index in [4.69, 9.17) is 0 Å². The second kappa shape index (κ2) is 10.8. The van der Waals surface area contributed by atoms with Crippen LogP contribution in [0.2, 0.25) is 0 Å². The SMILES string of the molecule is CC(C(=O)NC(C)(C)C)N(CCc1ccccc1)C(=O)CN(c1cccc(F)c1)S(C)(=O)=O. The molecule has 2 aromatic rings. The molecular weight excluding hydrogens is 445 g/mol. The summed E-state index contributed by atoms with van der Waals surface area (Å²) in [6, 6.07) is 13.7. The fraction of sp³-hybridized carbons (Fsp3) is 0.417. The topological polar surface area (TPSA) is 86.8 Å². The maximum Gasteiger partial charge on any atom is 0.244 e. The third-order valence-electron chi connectivity index (χ3n) is 4.93. The smallest absolute Gasteiger partial charge is 0.244 e. The number of anilines is 1. The van der Waals surface area contributed by atoms with Crippen LogP contribution in [0.5, 0.6) is 0 Å². The molecule has 0 radical (unpaired) electrons. The van der Waals surface area contributed by atoms with Gasteiger partial charge in [0.2, 0.25) is 21.8 Å². The second-order valence-corrected chi connectivity index (χ2v) is 10.9. The zero-order chi connectivity index (χ0) is 24.8. The van der Waals surface area contributed by atoms with Gasteiger partial charge < -0.3 is 10.2 Å². The first-order valence-corrected chi connectivity index (χ1v) is 12.5. The number of carbonyl (C=O) groups is 2. The first-order chi connectivity index (χ1) is 15.3. The van der Waals surface area contributed by atoms with Crippen molar-refractivity contribution in [2.45, 2.75) is 45.7 Å². The highest BCUT2D eigenvalue weighted by atomic mass is 32.2. The van der Waals surface area contributed by atoms with Crippen LogP contribution in [0, 0.1) is 5.82 Å². The first-order valence-electron chi connectivity index (χ1n) is 10.7. The third kappa shape index (κ3) is 8.16. The minimum Gasteiger partial charge on any atom is -0.350 e. The molecule has 180 valence electrons. The summed E-state index contributed by atoms with van der Waals surface area (Å²) >= 11 is 0. The lowest BCUT2D eigenvalue weighted by molar-refractivity contribution is -0.139. The fourth-order valence-corrected chi connectivity index (χ4v) is 4.13. The van der Waals surface area contributed by atoms with E-state index in [0.29, 0.717) is 6.42 Å². The van der Waals surface area contributed by atoms with Crippen molar-refractivity contribution in [3.8, 4) is 0 Å². The summed E-state index contributed by atoms with van der Waals surface area (Å²) in [5, 5.41) is 2.86. The first kappa shape index (κ1) is 26.3. The van der Waals surface area contributed by atoms with E-state index in [1.807, 2.05) is 51.1 Å². The van der Waals surface area contributed by atoms with Gasteiger partial charge in [-0.05, 0) is 57.9 Å². The molecule has 2 amide bonds.